The van der Waals surface area contributed by atoms with Crippen molar-refractivity contribution in [3.05, 3.63) is 69.4 Å². The van der Waals surface area contributed by atoms with Gasteiger partial charge in [-0.15, -0.1) is 16.2 Å². The lowest BCUT2D eigenvalue weighted by Crippen LogP contribution is -2.14. The first-order valence-electron chi connectivity index (χ1n) is 10.1. The van der Waals surface area contributed by atoms with E-state index in [1.54, 1.807) is 0 Å². The Morgan fingerprint density at radius 2 is 1.89 bits per heavy atom. The molecule has 8 nitrogen and oxygen atoms in total. The molecule has 0 aliphatic rings. The van der Waals surface area contributed by atoms with Crippen molar-refractivity contribution in [3.63, 3.8) is 0 Å². The van der Waals surface area contributed by atoms with E-state index in [0.29, 0.717) is 10.8 Å². The molecule has 35 heavy (non-hydrogen) atoms. The molecule has 0 amide bonds. The molecule has 0 fully saturated rings. The summed E-state index contributed by atoms with van der Waals surface area (Å²) in [4.78, 5) is 23.6. The Kier molecular flexibility index (Phi) is 8.30. The molecular weight excluding hydrogens is 489 g/mol. The number of rotatable bonds is 10. The topological polar surface area (TPSA) is 95.5 Å². The van der Waals surface area contributed by atoms with E-state index in [1.807, 2.05) is 0 Å². The van der Waals surface area contributed by atoms with Crippen LogP contribution in [0.3, 0.4) is 0 Å². The maximum absolute atomic E-state index is 13.4. The van der Waals surface area contributed by atoms with E-state index in [2.05, 4.69) is 10.5 Å². The van der Waals surface area contributed by atoms with E-state index in [9.17, 15) is 22.9 Å². The monoisotopic (exact) mass is 510 g/mol. The molecule has 1 aromatic heterocycles. The first kappa shape index (κ1) is 26.0. The third kappa shape index (κ3) is 6.28. The van der Waals surface area contributed by atoms with E-state index >= 15 is 0 Å². The fourth-order valence-corrected chi connectivity index (χ4v) is 4.09. The molecule has 0 spiro atoms. The minimum absolute atomic E-state index is 0.0150. The number of benzene rings is 2. The lowest BCUT2D eigenvalue weighted by atomic mass is 10.0. The molecule has 12 heteroatoms. The molecule has 0 aliphatic heterocycles. The first-order valence-corrected chi connectivity index (χ1v) is 10.9. The summed E-state index contributed by atoms with van der Waals surface area (Å²) in [6, 6.07) is 10.9. The van der Waals surface area contributed by atoms with Crippen LogP contribution in [0.25, 0.3) is 0 Å². The predicted molar refractivity (Wildman–Crippen MR) is 124 cm³/mol. The minimum Gasteiger partial charge on any atom is -0.484 e. The van der Waals surface area contributed by atoms with Crippen molar-refractivity contribution in [2.75, 3.05) is 26.3 Å². The van der Waals surface area contributed by atoms with Gasteiger partial charge in [0.2, 0.25) is 0 Å². The van der Waals surface area contributed by atoms with Crippen LogP contribution in [0.1, 0.15) is 33.8 Å². The van der Waals surface area contributed by atoms with Gasteiger partial charge in [0.25, 0.3) is 0 Å². The van der Waals surface area contributed by atoms with Crippen LogP contribution in [0.4, 0.5) is 29.5 Å². The molecule has 3 aromatic rings. The fraction of sp³-hybridized carbons (Fsp3) is 0.261. The Bertz CT molecular complexity index is 1200. The van der Waals surface area contributed by atoms with E-state index in [0.717, 1.165) is 17.4 Å². The highest BCUT2D eigenvalue weighted by molar-refractivity contribution is 7.18. The molecule has 1 N–H and O–H groups in total. The van der Waals surface area contributed by atoms with Crippen molar-refractivity contribution in [3.8, 4) is 11.5 Å². The summed E-state index contributed by atoms with van der Waals surface area (Å²) in [6.45, 7) is 1.43. The summed E-state index contributed by atoms with van der Waals surface area (Å²) in [7, 11) is 2.63. The SMILES string of the molecule is COCOc1ccc(N=O)c(Nc2cc(O[C@H](C)c3ccccc3C(F)(F)F)c(C(=O)OC)s2)c1. The van der Waals surface area contributed by atoms with Gasteiger partial charge in [0, 0.05) is 24.8 Å². The van der Waals surface area contributed by atoms with Crippen LogP contribution >= 0.6 is 11.3 Å². The van der Waals surface area contributed by atoms with Gasteiger partial charge in [-0.2, -0.15) is 13.2 Å². The van der Waals surface area contributed by atoms with Crippen molar-refractivity contribution in [1.82, 2.24) is 0 Å². The van der Waals surface area contributed by atoms with Crippen molar-refractivity contribution < 1.29 is 36.9 Å². The Labute approximate surface area is 202 Å². The highest BCUT2D eigenvalue weighted by Crippen LogP contribution is 2.41. The number of carbonyl (C=O) groups is 1. The summed E-state index contributed by atoms with van der Waals surface area (Å²) < 4.78 is 61.1. The number of alkyl halides is 3. The molecule has 0 saturated carbocycles. The zero-order valence-electron chi connectivity index (χ0n) is 18.8. The number of halogens is 3. The van der Waals surface area contributed by atoms with Crippen molar-refractivity contribution in [2.45, 2.75) is 19.2 Å². The third-order valence-electron chi connectivity index (χ3n) is 4.74. The summed E-state index contributed by atoms with van der Waals surface area (Å²) >= 11 is 0.935. The predicted octanol–water partition coefficient (Wildman–Crippen LogP) is 6.82. The van der Waals surface area contributed by atoms with Crippen LogP contribution in [0.15, 0.2) is 53.7 Å². The number of carbonyl (C=O) groups excluding carboxylic acids is 1. The maximum atomic E-state index is 13.4. The smallest absolute Gasteiger partial charge is 0.416 e. The van der Waals surface area contributed by atoms with Crippen molar-refractivity contribution in [1.29, 1.82) is 0 Å². The van der Waals surface area contributed by atoms with E-state index in [4.69, 9.17) is 18.9 Å². The number of hydrogen-bond acceptors (Lipinski definition) is 9. The number of ether oxygens (including phenoxy) is 4. The molecule has 1 atom stereocenters. The summed E-state index contributed by atoms with van der Waals surface area (Å²) in [5.41, 5.74) is -0.590. The Hall–Kier alpha value is -3.64. The van der Waals surface area contributed by atoms with Gasteiger partial charge in [0.1, 0.15) is 23.3 Å². The average molecular weight is 510 g/mol. The number of nitrogens with zero attached hydrogens (tertiary/aromatic N) is 1. The second-order valence-corrected chi connectivity index (χ2v) is 8.14. The molecular formula is C23H21F3N2O6S. The average Bonchev–Trinajstić information content (AvgIpc) is 3.23. The standard InChI is InChI=1S/C23H21F3N2O6S/c1-13(15-6-4-5-7-16(15)23(24,25)26)34-19-11-20(35-21(19)22(29)32-3)27-18-10-14(33-12-31-2)8-9-17(18)28-30/h4-11,13,27H,12H2,1-3H3/t13-/m1/s1. The molecule has 0 unspecified atom stereocenters. The second-order valence-electron chi connectivity index (χ2n) is 7.09. The zero-order chi connectivity index (χ0) is 25.6. The molecule has 186 valence electrons. The first-order chi connectivity index (χ1) is 16.7. The largest absolute Gasteiger partial charge is 0.484 e. The molecule has 0 bridgehead atoms. The van der Waals surface area contributed by atoms with Crippen molar-refractivity contribution >= 4 is 33.7 Å². The van der Waals surface area contributed by atoms with Crippen LogP contribution in [0.2, 0.25) is 0 Å². The molecule has 0 radical (unpaired) electrons. The van der Waals surface area contributed by atoms with Crippen LogP contribution < -0.4 is 14.8 Å². The van der Waals surface area contributed by atoms with Gasteiger partial charge >= 0.3 is 12.1 Å². The van der Waals surface area contributed by atoms with E-state index in [1.165, 1.54) is 63.6 Å². The number of methoxy groups -OCH3 is 2. The Morgan fingerprint density at radius 1 is 1.14 bits per heavy atom. The van der Waals surface area contributed by atoms with Gasteiger partial charge in [-0.05, 0) is 30.3 Å². The van der Waals surface area contributed by atoms with Crippen LogP contribution in [-0.2, 0) is 15.7 Å². The van der Waals surface area contributed by atoms with Crippen molar-refractivity contribution in [2.24, 2.45) is 5.18 Å². The molecule has 2 aromatic carbocycles. The van der Waals surface area contributed by atoms with Gasteiger partial charge in [-0.25, -0.2) is 4.79 Å². The summed E-state index contributed by atoms with van der Waals surface area (Å²) in [5, 5.41) is 6.28. The number of esters is 1. The highest BCUT2D eigenvalue weighted by Gasteiger charge is 2.35. The number of anilines is 2. The lowest BCUT2D eigenvalue weighted by molar-refractivity contribution is -0.139. The van der Waals surface area contributed by atoms with Gasteiger partial charge in [-0.1, -0.05) is 18.2 Å². The van der Waals surface area contributed by atoms with E-state index < -0.39 is 23.8 Å². The van der Waals surface area contributed by atoms with Gasteiger partial charge < -0.3 is 24.3 Å². The Morgan fingerprint density at radius 3 is 2.54 bits per heavy atom. The van der Waals surface area contributed by atoms with Gasteiger partial charge in [0.05, 0.1) is 23.4 Å². The molecule has 1 heterocycles. The molecule has 0 aliphatic carbocycles. The number of nitroso groups, excluding NO2 is 1. The Balaban J connectivity index is 1.93. The van der Waals surface area contributed by atoms with E-state index in [-0.39, 0.29) is 34.4 Å². The maximum Gasteiger partial charge on any atom is 0.416 e. The summed E-state index contributed by atoms with van der Waals surface area (Å²) in [5.74, 6) is -0.332. The van der Waals surface area contributed by atoms with Crippen LogP contribution in [0.5, 0.6) is 11.5 Å². The number of thiophene rings is 1. The van der Waals surface area contributed by atoms with Gasteiger partial charge in [-0.3, -0.25) is 0 Å². The zero-order valence-corrected chi connectivity index (χ0v) is 19.7. The normalized spacial score (nSPS) is 12.1. The summed E-state index contributed by atoms with van der Waals surface area (Å²) in [6.07, 6.45) is -5.62. The third-order valence-corrected chi connectivity index (χ3v) is 5.76. The quantitative estimate of drug-likeness (QED) is 0.182. The molecule has 3 rings (SSSR count). The minimum atomic E-state index is -4.57. The lowest BCUT2D eigenvalue weighted by Gasteiger charge is -2.19. The highest BCUT2D eigenvalue weighted by atomic mass is 32.1. The number of hydrogen-bond donors (Lipinski definition) is 1. The van der Waals surface area contributed by atoms with Crippen LogP contribution in [-0.4, -0.2) is 27.0 Å². The second kappa shape index (κ2) is 11.2. The molecule has 0 saturated heterocycles. The van der Waals surface area contributed by atoms with Gasteiger partial charge in [0.15, 0.2) is 11.7 Å². The number of nitrogens with one attached hydrogen (secondary N) is 1. The van der Waals surface area contributed by atoms with Crippen LogP contribution in [0, 0.1) is 4.91 Å². The fourth-order valence-electron chi connectivity index (χ4n) is 3.17.